The van der Waals surface area contributed by atoms with Crippen molar-refractivity contribution in [1.29, 1.82) is 5.26 Å². The van der Waals surface area contributed by atoms with Gasteiger partial charge in [-0.05, 0) is 31.0 Å². The van der Waals surface area contributed by atoms with Gasteiger partial charge in [0.25, 0.3) is 0 Å². The van der Waals surface area contributed by atoms with Crippen molar-refractivity contribution in [3.63, 3.8) is 0 Å². The van der Waals surface area contributed by atoms with Crippen LogP contribution in [0.15, 0.2) is 24.3 Å². The molecule has 1 aliphatic heterocycles. The maximum atomic E-state index is 8.43. The summed E-state index contributed by atoms with van der Waals surface area (Å²) in [4.78, 5) is 0. The molecular formula is C14H18N2O2. The Morgan fingerprint density at radius 1 is 1.50 bits per heavy atom. The lowest BCUT2D eigenvalue weighted by Gasteiger charge is -2.18. The van der Waals surface area contributed by atoms with Gasteiger partial charge in [0.2, 0.25) is 0 Å². The molecule has 1 N–H and O–H groups in total. The Morgan fingerprint density at radius 3 is 2.89 bits per heavy atom. The first-order chi connectivity index (χ1) is 8.79. The Hall–Kier alpha value is -1.57. The average molecular weight is 246 g/mol. The number of nitriles is 1. The van der Waals surface area contributed by atoms with Crippen molar-refractivity contribution >= 4 is 0 Å². The smallest absolute Gasteiger partial charge is 0.174 e. The number of nitrogens with zero attached hydrogens (tertiary/aromatic N) is 1. The summed E-state index contributed by atoms with van der Waals surface area (Å²) in [7, 11) is 0. The zero-order valence-electron chi connectivity index (χ0n) is 10.6. The highest BCUT2D eigenvalue weighted by atomic mass is 16.5. The summed E-state index contributed by atoms with van der Waals surface area (Å²) >= 11 is 0. The largest absolute Gasteiger partial charge is 0.479 e. The van der Waals surface area contributed by atoms with Crippen LogP contribution in [0.4, 0.5) is 0 Å². The second-order valence-corrected chi connectivity index (χ2v) is 4.46. The number of benzene rings is 1. The second-order valence-electron chi connectivity index (χ2n) is 4.46. The molecule has 18 heavy (non-hydrogen) atoms. The number of nitrogens with one attached hydrogen (secondary N) is 1. The van der Waals surface area contributed by atoms with Gasteiger partial charge in [0.15, 0.2) is 6.61 Å². The molecule has 0 amide bonds. The Labute approximate surface area is 108 Å². The molecule has 4 heteroatoms. The van der Waals surface area contributed by atoms with Crippen molar-refractivity contribution < 1.29 is 9.47 Å². The monoisotopic (exact) mass is 246 g/mol. The van der Waals surface area contributed by atoms with E-state index in [0.29, 0.717) is 12.1 Å². The molecule has 1 heterocycles. The van der Waals surface area contributed by atoms with Crippen molar-refractivity contribution in [2.75, 3.05) is 19.8 Å². The van der Waals surface area contributed by atoms with Crippen LogP contribution >= 0.6 is 0 Å². The van der Waals surface area contributed by atoms with Gasteiger partial charge in [0.1, 0.15) is 11.8 Å². The summed E-state index contributed by atoms with van der Waals surface area (Å²) in [5, 5.41) is 12.0. The fourth-order valence-electron chi connectivity index (χ4n) is 2.08. The van der Waals surface area contributed by atoms with E-state index < -0.39 is 0 Å². The Bertz CT molecular complexity index is 405. The molecule has 96 valence electrons. The third-order valence-corrected chi connectivity index (χ3v) is 3.10. The van der Waals surface area contributed by atoms with Crippen LogP contribution < -0.4 is 10.1 Å². The van der Waals surface area contributed by atoms with Crippen LogP contribution in [0.5, 0.6) is 5.75 Å². The molecule has 1 aromatic carbocycles. The molecule has 0 bridgehead atoms. The van der Waals surface area contributed by atoms with Gasteiger partial charge in [-0.25, -0.2) is 0 Å². The van der Waals surface area contributed by atoms with Crippen LogP contribution in [-0.2, 0) is 4.74 Å². The highest BCUT2D eigenvalue weighted by Crippen LogP contribution is 2.19. The molecule has 2 unspecified atom stereocenters. The van der Waals surface area contributed by atoms with E-state index in [0.717, 1.165) is 25.4 Å². The fraction of sp³-hybridized carbons (Fsp3) is 0.500. The number of rotatable bonds is 5. The minimum absolute atomic E-state index is 0.0898. The third kappa shape index (κ3) is 3.46. The van der Waals surface area contributed by atoms with Gasteiger partial charge in [-0.1, -0.05) is 12.1 Å². The van der Waals surface area contributed by atoms with Gasteiger partial charge >= 0.3 is 0 Å². The summed E-state index contributed by atoms with van der Waals surface area (Å²) in [6, 6.07) is 10.6. The van der Waals surface area contributed by atoms with Gasteiger partial charge in [-0.3, -0.25) is 0 Å². The lowest BCUT2D eigenvalue weighted by molar-refractivity contribution is 0.188. The van der Waals surface area contributed by atoms with Crippen LogP contribution in [0.3, 0.4) is 0 Å². The molecular weight excluding hydrogens is 228 g/mol. The maximum Gasteiger partial charge on any atom is 0.174 e. The standard InChI is InChI=1S/C14H18N2O2/c1-11(16-13-6-8-17-10-13)12-2-4-14(5-3-12)18-9-7-15/h2-5,11,13,16H,6,8-10H2,1H3. The minimum atomic E-state index is 0.0898. The second kappa shape index (κ2) is 6.39. The van der Waals surface area contributed by atoms with E-state index in [4.69, 9.17) is 14.7 Å². The predicted molar refractivity (Wildman–Crippen MR) is 68.3 cm³/mol. The molecule has 4 nitrogen and oxygen atoms in total. The summed E-state index contributed by atoms with van der Waals surface area (Å²) in [6.45, 7) is 3.88. The van der Waals surface area contributed by atoms with Gasteiger partial charge in [-0.15, -0.1) is 0 Å². The SMILES string of the molecule is CC(NC1CCOC1)c1ccc(OCC#N)cc1. The van der Waals surface area contributed by atoms with Gasteiger partial charge < -0.3 is 14.8 Å². The van der Waals surface area contributed by atoms with Crippen molar-refractivity contribution in [2.45, 2.75) is 25.4 Å². The van der Waals surface area contributed by atoms with Crippen molar-refractivity contribution in [2.24, 2.45) is 0 Å². The van der Waals surface area contributed by atoms with Crippen LogP contribution in [0.25, 0.3) is 0 Å². The summed E-state index contributed by atoms with van der Waals surface area (Å²) < 4.78 is 10.6. The van der Waals surface area contributed by atoms with E-state index in [1.54, 1.807) is 0 Å². The number of hydrogen-bond donors (Lipinski definition) is 1. The normalized spacial score (nSPS) is 20.3. The molecule has 1 saturated heterocycles. The van der Waals surface area contributed by atoms with Crippen LogP contribution in [0.1, 0.15) is 24.9 Å². The summed E-state index contributed by atoms with van der Waals surface area (Å²) in [5.41, 5.74) is 1.21. The van der Waals surface area contributed by atoms with E-state index in [2.05, 4.69) is 12.2 Å². The van der Waals surface area contributed by atoms with Gasteiger partial charge in [-0.2, -0.15) is 5.26 Å². The van der Waals surface area contributed by atoms with E-state index in [1.807, 2.05) is 30.3 Å². The lowest BCUT2D eigenvalue weighted by atomic mass is 10.1. The first kappa shape index (κ1) is 12.9. The molecule has 0 radical (unpaired) electrons. The highest BCUT2D eigenvalue weighted by Gasteiger charge is 2.18. The molecule has 0 aromatic heterocycles. The summed E-state index contributed by atoms with van der Waals surface area (Å²) in [6.07, 6.45) is 1.08. The molecule has 2 atom stereocenters. The first-order valence-electron chi connectivity index (χ1n) is 6.23. The molecule has 0 aliphatic carbocycles. The van der Waals surface area contributed by atoms with E-state index in [9.17, 15) is 0 Å². The quantitative estimate of drug-likeness (QED) is 0.863. The third-order valence-electron chi connectivity index (χ3n) is 3.10. The molecule has 2 rings (SSSR count). The van der Waals surface area contributed by atoms with Crippen molar-refractivity contribution in [3.8, 4) is 11.8 Å². The van der Waals surface area contributed by atoms with Crippen molar-refractivity contribution in [1.82, 2.24) is 5.32 Å². The zero-order chi connectivity index (χ0) is 12.8. The predicted octanol–water partition coefficient (Wildman–Crippen LogP) is 2.03. The first-order valence-corrected chi connectivity index (χ1v) is 6.23. The highest BCUT2D eigenvalue weighted by molar-refractivity contribution is 5.29. The zero-order valence-corrected chi connectivity index (χ0v) is 10.6. The average Bonchev–Trinajstić information content (AvgIpc) is 2.89. The van der Waals surface area contributed by atoms with Crippen LogP contribution in [0, 0.1) is 11.3 Å². The topological polar surface area (TPSA) is 54.3 Å². The van der Waals surface area contributed by atoms with E-state index in [1.165, 1.54) is 5.56 Å². The minimum Gasteiger partial charge on any atom is -0.479 e. The Kier molecular flexibility index (Phi) is 4.57. The van der Waals surface area contributed by atoms with E-state index >= 15 is 0 Å². The van der Waals surface area contributed by atoms with Crippen molar-refractivity contribution in [3.05, 3.63) is 29.8 Å². The molecule has 0 spiro atoms. The number of ether oxygens (including phenoxy) is 2. The summed E-state index contributed by atoms with van der Waals surface area (Å²) in [5.74, 6) is 0.733. The fourth-order valence-corrected chi connectivity index (χ4v) is 2.08. The molecule has 0 saturated carbocycles. The molecule has 1 fully saturated rings. The van der Waals surface area contributed by atoms with Gasteiger partial charge in [0.05, 0.1) is 6.61 Å². The molecule has 1 aromatic rings. The number of hydrogen-bond acceptors (Lipinski definition) is 4. The Balaban J connectivity index is 1.89. The molecule has 1 aliphatic rings. The Morgan fingerprint density at radius 2 is 2.28 bits per heavy atom. The van der Waals surface area contributed by atoms with Gasteiger partial charge in [0, 0.05) is 18.7 Å². The maximum absolute atomic E-state index is 8.43. The van der Waals surface area contributed by atoms with Crippen LogP contribution in [-0.4, -0.2) is 25.9 Å². The van der Waals surface area contributed by atoms with E-state index in [-0.39, 0.29) is 6.61 Å². The van der Waals surface area contributed by atoms with Crippen LogP contribution in [0.2, 0.25) is 0 Å². The lowest BCUT2D eigenvalue weighted by Crippen LogP contribution is -2.31.